The van der Waals surface area contributed by atoms with Crippen LogP contribution in [-0.4, -0.2) is 27.7 Å². The number of aliphatic hydroxyl groups excluding tert-OH is 1. The molecule has 0 bridgehead atoms. The Morgan fingerprint density at radius 2 is 2.12 bits per heavy atom. The van der Waals surface area contributed by atoms with Crippen LogP contribution in [0.1, 0.15) is 34.2 Å². The van der Waals surface area contributed by atoms with E-state index in [2.05, 4.69) is 15.3 Å². The van der Waals surface area contributed by atoms with Gasteiger partial charge in [-0.3, -0.25) is 0 Å². The number of aromatic nitrogens is 2. The van der Waals surface area contributed by atoms with Crippen LogP contribution in [0.5, 0.6) is 0 Å². The van der Waals surface area contributed by atoms with Crippen LogP contribution in [0.3, 0.4) is 0 Å². The third-order valence-corrected chi connectivity index (χ3v) is 3.88. The van der Waals surface area contributed by atoms with Gasteiger partial charge in [0.05, 0.1) is 18.6 Å². The van der Waals surface area contributed by atoms with E-state index in [4.69, 9.17) is 9.15 Å². The van der Waals surface area contributed by atoms with Crippen molar-refractivity contribution in [2.75, 3.05) is 11.9 Å². The predicted molar refractivity (Wildman–Crippen MR) is 92.9 cm³/mol. The van der Waals surface area contributed by atoms with Crippen LogP contribution in [0, 0.1) is 13.8 Å². The summed E-state index contributed by atoms with van der Waals surface area (Å²) >= 11 is 0. The number of benzene rings is 1. The minimum Gasteiger partial charge on any atom is -0.462 e. The molecule has 1 aromatic carbocycles. The number of aryl methyl sites for hydroxylation is 2. The van der Waals surface area contributed by atoms with Crippen LogP contribution in [0.25, 0.3) is 11.1 Å². The fourth-order valence-electron chi connectivity index (χ4n) is 2.62. The van der Waals surface area contributed by atoms with Crippen molar-refractivity contribution in [2.24, 2.45) is 0 Å². The van der Waals surface area contributed by atoms with Crippen molar-refractivity contribution in [3.8, 4) is 0 Å². The third-order valence-electron chi connectivity index (χ3n) is 3.88. The Balaban J connectivity index is 2.12. The molecule has 130 valence electrons. The van der Waals surface area contributed by atoms with E-state index < -0.39 is 5.97 Å². The molecule has 0 aliphatic heterocycles. The number of fused-ring (bicyclic) bond motifs is 1. The summed E-state index contributed by atoms with van der Waals surface area (Å²) in [6.45, 7) is 5.57. The van der Waals surface area contributed by atoms with Crippen molar-refractivity contribution in [3.05, 3.63) is 47.0 Å². The maximum absolute atomic E-state index is 12.3. The molecule has 25 heavy (non-hydrogen) atoms. The topological polar surface area (TPSA) is 97.5 Å². The lowest BCUT2D eigenvalue weighted by atomic mass is 10.1. The third kappa shape index (κ3) is 3.18. The number of aliphatic hydroxyl groups is 1. The maximum Gasteiger partial charge on any atom is 0.342 e. The number of anilines is 2. The fraction of sp³-hybridized carbons (Fsp3) is 0.278. The van der Waals surface area contributed by atoms with Gasteiger partial charge in [-0.15, -0.1) is 0 Å². The highest BCUT2D eigenvalue weighted by Crippen LogP contribution is 2.32. The van der Waals surface area contributed by atoms with E-state index in [1.165, 1.54) is 6.33 Å². The first-order valence-corrected chi connectivity index (χ1v) is 7.93. The van der Waals surface area contributed by atoms with Gasteiger partial charge in [-0.1, -0.05) is 12.1 Å². The van der Waals surface area contributed by atoms with Gasteiger partial charge >= 0.3 is 5.97 Å². The average Bonchev–Trinajstić information content (AvgIpc) is 2.94. The Kier molecular flexibility index (Phi) is 4.67. The molecule has 0 saturated carbocycles. The summed E-state index contributed by atoms with van der Waals surface area (Å²) in [5.74, 6) is 0.401. The van der Waals surface area contributed by atoms with Crippen molar-refractivity contribution in [3.63, 3.8) is 0 Å². The molecule has 2 aromatic heterocycles. The number of nitrogens with one attached hydrogen (secondary N) is 1. The van der Waals surface area contributed by atoms with E-state index in [1.54, 1.807) is 13.8 Å². The molecule has 0 amide bonds. The van der Waals surface area contributed by atoms with Crippen molar-refractivity contribution in [1.82, 2.24) is 9.97 Å². The van der Waals surface area contributed by atoms with Crippen LogP contribution in [0.15, 0.2) is 28.9 Å². The molecule has 2 N–H and O–H groups in total. The number of esters is 1. The van der Waals surface area contributed by atoms with Gasteiger partial charge in [0, 0.05) is 5.69 Å². The second-order valence-corrected chi connectivity index (χ2v) is 5.59. The van der Waals surface area contributed by atoms with Gasteiger partial charge in [0.1, 0.15) is 23.5 Å². The van der Waals surface area contributed by atoms with Crippen LogP contribution in [-0.2, 0) is 11.3 Å². The van der Waals surface area contributed by atoms with E-state index in [-0.39, 0.29) is 13.2 Å². The summed E-state index contributed by atoms with van der Waals surface area (Å²) in [5.41, 5.74) is 3.15. The molecule has 0 fully saturated rings. The zero-order valence-corrected chi connectivity index (χ0v) is 14.3. The first-order valence-electron chi connectivity index (χ1n) is 7.93. The van der Waals surface area contributed by atoms with Crippen molar-refractivity contribution < 1.29 is 19.1 Å². The highest BCUT2D eigenvalue weighted by Gasteiger charge is 2.24. The van der Waals surface area contributed by atoms with Crippen molar-refractivity contribution in [2.45, 2.75) is 27.4 Å². The quantitative estimate of drug-likeness (QED) is 0.687. The number of rotatable bonds is 5. The number of carbonyl (C=O) groups is 1. The first-order chi connectivity index (χ1) is 12.0. The van der Waals surface area contributed by atoms with E-state index in [9.17, 15) is 9.90 Å². The van der Waals surface area contributed by atoms with Gasteiger partial charge in [0.2, 0.25) is 5.71 Å². The molecule has 0 atom stereocenters. The molecule has 3 rings (SSSR count). The van der Waals surface area contributed by atoms with E-state index >= 15 is 0 Å². The Bertz CT molecular complexity index is 933. The fourth-order valence-corrected chi connectivity index (χ4v) is 2.62. The van der Waals surface area contributed by atoms with Gasteiger partial charge in [0.25, 0.3) is 0 Å². The van der Waals surface area contributed by atoms with Gasteiger partial charge in [0.15, 0.2) is 0 Å². The molecule has 0 spiro atoms. The SMILES string of the molecule is CCOC(=O)c1c(C)oc2ncnc(Nc3cc(CO)ccc3C)c12. The van der Waals surface area contributed by atoms with Gasteiger partial charge < -0.3 is 19.6 Å². The molecule has 0 aliphatic rings. The van der Waals surface area contributed by atoms with Crippen LogP contribution in [0.4, 0.5) is 11.5 Å². The largest absolute Gasteiger partial charge is 0.462 e. The molecule has 0 radical (unpaired) electrons. The smallest absolute Gasteiger partial charge is 0.342 e. The van der Waals surface area contributed by atoms with E-state index in [0.717, 1.165) is 16.8 Å². The van der Waals surface area contributed by atoms with Crippen molar-refractivity contribution >= 4 is 28.6 Å². The Morgan fingerprint density at radius 1 is 1.32 bits per heavy atom. The molecule has 7 heteroatoms. The molecule has 0 aliphatic carbocycles. The lowest BCUT2D eigenvalue weighted by Crippen LogP contribution is -2.07. The van der Waals surface area contributed by atoms with Crippen LogP contribution in [0.2, 0.25) is 0 Å². The Hall–Kier alpha value is -2.93. The van der Waals surface area contributed by atoms with Crippen LogP contribution < -0.4 is 5.32 Å². The monoisotopic (exact) mass is 341 g/mol. The summed E-state index contributed by atoms with van der Waals surface area (Å²) in [5, 5.41) is 13.0. The van der Waals surface area contributed by atoms with Gasteiger partial charge in [-0.2, -0.15) is 0 Å². The summed E-state index contributed by atoms with van der Waals surface area (Å²) in [4.78, 5) is 20.7. The zero-order valence-electron chi connectivity index (χ0n) is 14.3. The summed E-state index contributed by atoms with van der Waals surface area (Å²) < 4.78 is 10.7. The lowest BCUT2D eigenvalue weighted by Gasteiger charge is -2.11. The second-order valence-electron chi connectivity index (χ2n) is 5.59. The molecule has 2 heterocycles. The number of hydrogen-bond donors (Lipinski definition) is 2. The molecule has 0 unspecified atom stereocenters. The minimum absolute atomic E-state index is 0.0625. The predicted octanol–water partition coefficient (Wildman–Crippen LogP) is 3.25. The molecule has 3 aromatic rings. The standard InChI is InChI=1S/C18H19N3O4/c1-4-24-18(23)14-11(3)25-17-15(14)16(19-9-20-17)21-13-7-12(8-22)6-5-10(13)2/h5-7,9,22H,4,8H2,1-3H3,(H,19,20,21). The highest BCUT2D eigenvalue weighted by molar-refractivity contribution is 6.08. The van der Waals surface area contributed by atoms with E-state index in [0.29, 0.717) is 28.2 Å². The normalized spacial score (nSPS) is 10.9. The highest BCUT2D eigenvalue weighted by atomic mass is 16.5. The van der Waals surface area contributed by atoms with Crippen molar-refractivity contribution in [1.29, 1.82) is 0 Å². The van der Waals surface area contributed by atoms with E-state index in [1.807, 2.05) is 25.1 Å². The zero-order chi connectivity index (χ0) is 18.0. The lowest BCUT2D eigenvalue weighted by molar-refractivity contribution is 0.0526. The maximum atomic E-state index is 12.3. The first kappa shape index (κ1) is 16.9. The summed E-state index contributed by atoms with van der Waals surface area (Å²) in [6.07, 6.45) is 1.37. The Morgan fingerprint density at radius 3 is 2.84 bits per heavy atom. The average molecular weight is 341 g/mol. The Labute approximate surface area is 144 Å². The van der Waals surface area contributed by atoms with Gasteiger partial charge in [-0.05, 0) is 38.0 Å². The number of ether oxygens (including phenoxy) is 1. The number of carbonyl (C=O) groups excluding carboxylic acids is 1. The molecule has 7 nitrogen and oxygen atoms in total. The minimum atomic E-state index is -0.475. The summed E-state index contributed by atoms with van der Waals surface area (Å²) in [6, 6.07) is 5.58. The number of hydrogen-bond acceptors (Lipinski definition) is 7. The second kappa shape index (κ2) is 6.90. The summed E-state index contributed by atoms with van der Waals surface area (Å²) in [7, 11) is 0. The molecule has 0 saturated heterocycles. The van der Waals surface area contributed by atoms with Crippen LogP contribution >= 0.6 is 0 Å². The van der Waals surface area contributed by atoms with Gasteiger partial charge in [-0.25, -0.2) is 14.8 Å². The number of nitrogens with zero attached hydrogens (tertiary/aromatic N) is 2. The molecular formula is C18H19N3O4. The number of furan rings is 1. The molecular weight excluding hydrogens is 322 g/mol.